The molecule has 0 unspecified atom stereocenters. The van der Waals surface area contributed by atoms with Crippen LogP contribution in [0.3, 0.4) is 0 Å². The van der Waals surface area contributed by atoms with Crippen molar-refractivity contribution < 1.29 is 9.53 Å². The molecule has 0 aliphatic carbocycles. The van der Waals surface area contributed by atoms with E-state index < -0.39 is 5.60 Å². The molecule has 1 aliphatic rings. The summed E-state index contributed by atoms with van der Waals surface area (Å²) in [5.41, 5.74) is 3.47. The van der Waals surface area contributed by atoms with Gasteiger partial charge in [0.25, 0.3) is 0 Å². The minimum atomic E-state index is -0.437. The first-order valence-electron chi connectivity index (χ1n) is 7.64. The number of hydrogen-bond acceptors (Lipinski definition) is 3. The Morgan fingerprint density at radius 2 is 2.19 bits per heavy atom. The molecule has 0 saturated heterocycles. The number of anilines is 1. The van der Waals surface area contributed by atoms with Crippen LogP contribution < -0.4 is 10.6 Å². The third-order valence-corrected chi connectivity index (χ3v) is 3.58. The highest BCUT2D eigenvalue weighted by Crippen LogP contribution is 2.26. The smallest absolute Gasteiger partial charge is 0.407 e. The predicted molar refractivity (Wildman–Crippen MR) is 85.7 cm³/mol. The van der Waals surface area contributed by atoms with Gasteiger partial charge >= 0.3 is 6.09 Å². The molecule has 0 fully saturated rings. The van der Waals surface area contributed by atoms with Gasteiger partial charge in [-0.1, -0.05) is 12.1 Å². The molecule has 4 heteroatoms. The van der Waals surface area contributed by atoms with E-state index in [0.717, 1.165) is 19.4 Å². The van der Waals surface area contributed by atoms with Crippen LogP contribution in [-0.4, -0.2) is 24.8 Å². The van der Waals surface area contributed by atoms with Gasteiger partial charge in [-0.15, -0.1) is 0 Å². The molecule has 1 amide bonds. The molecule has 0 aromatic heterocycles. The second-order valence-corrected chi connectivity index (χ2v) is 6.83. The normalized spacial score (nSPS) is 17.6. The number of nitrogens with one attached hydrogen (secondary N) is 2. The first-order valence-corrected chi connectivity index (χ1v) is 7.64. The van der Waals surface area contributed by atoms with E-state index in [1.165, 1.54) is 16.8 Å². The second-order valence-electron chi connectivity index (χ2n) is 6.83. The maximum atomic E-state index is 11.6. The summed E-state index contributed by atoms with van der Waals surface area (Å²) in [7, 11) is 0. The summed E-state index contributed by atoms with van der Waals surface area (Å²) in [5, 5.41) is 6.32. The molecule has 1 aromatic rings. The summed E-state index contributed by atoms with van der Waals surface area (Å²) in [6.45, 7) is 9.34. The fourth-order valence-electron chi connectivity index (χ4n) is 2.57. The highest BCUT2D eigenvalue weighted by Gasteiger charge is 2.19. The highest BCUT2D eigenvalue weighted by atomic mass is 16.6. The SMILES string of the molecule is Cc1ccc2c(c1)NC[C@H](CCNC(=O)OC(C)(C)C)C2. The number of carbonyl (C=O) groups is 1. The quantitative estimate of drug-likeness (QED) is 0.896. The number of benzene rings is 1. The van der Waals surface area contributed by atoms with Crippen molar-refractivity contribution in [3.8, 4) is 0 Å². The monoisotopic (exact) mass is 290 g/mol. The fraction of sp³-hybridized carbons (Fsp3) is 0.588. The van der Waals surface area contributed by atoms with Gasteiger partial charge in [-0.25, -0.2) is 4.79 Å². The first kappa shape index (κ1) is 15.7. The minimum Gasteiger partial charge on any atom is -0.444 e. The molecule has 2 N–H and O–H groups in total. The van der Waals surface area contributed by atoms with Gasteiger partial charge in [-0.3, -0.25) is 0 Å². The Morgan fingerprint density at radius 3 is 2.90 bits per heavy atom. The van der Waals surface area contributed by atoms with Gasteiger partial charge in [-0.2, -0.15) is 0 Å². The molecule has 0 radical (unpaired) electrons. The van der Waals surface area contributed by atoms with Gasteiger partial charge in [0.05, 0.1) is 0 Å². The maximum Gasteiger partial charge on any atom is 0.407 e. The summed E-state index contributed by atoms with van der Waals surface area (Å²) < 4.78 is 5.23. The fourth-order valence-corrected chi connectivity index (χ4v) is 2.57. The zero-order valence-corrected chi connectivity index (χ0v) is 13.5. The molecule has 116 valence electrons. The van der Waals surface area contributed by atoms with Gasteiger partial charge in [0.15, 0.2) is 0 Å². The summed E-state index contributed by atoms with van der Waals surface area (Å²) in [6.07, 6.45) is 1.69. The van der Waals surface area contributed by atoms with Crippen LogP contribution in [0.25, 0.3) is 0 Å². The third kappa shape index (κ3) is 4.96. The first-order chi connectivity index (χ1) is 9.83. The third-order valence-electron chi connectivity index (χ3n) is 3.58. The number of rotatable bonds is 3. The maximum absolute atomic E-state index is 11.6. The number of ether oxygens (including phenoxy) is 1. The largest absolute Gasteiger partial charge is 0.444 e. The summed E-state index contributed by atoms with van der Waals surface area (Å²) in [6, 6.07) is 6.55. The minimum absolute atomic E-state index is 0.331. The van der Waals surface area contributed by atoms with Gasteiger partial charge in [0, 0.05) is 18.8 Å². The van der Waals surface area contributed by atoms with Crippen molar-refractivity contribution in [2.75, 3.05) is 18.4 Å². The Kier molecular flexibility index (Phi) is 4.76. The number of carbonyl (C=O) groups excluding carboxylic acids is 1. The topological polar surface area (TPSA) is 50.4 Å². The van der Waals surface area contributed by atoms with E-state index >= 15 is 0 Å². The summed E-state index contributed by atoms with van der Waals surface area (Å²) in [5.74, 6) is 0.551. The van der Waals surface area contributed by atoms with Gasteiger partial charge in [0.2, 0.25) is 0 Å². The molecule has 1 aliphatic heterocycles. The zero-order valence-electron chi connectivity index (χ0n) is 13.5. The Labute approximate surface area is 127 Å². The molecule has 1 aromatic carbocycles. The molecule has 1 heterocycles. The number of alkyl carbamates (subject to hydrolysis) is 1. The lowest BCUT2D eigenvalue weighted by atomic mass is 9.91. The lowest BCUT2D eigenvalue weighted by Gasteiger charge is -2.27. The van der Waals surface area contributed by atoms with Crippen molar-refractivity contribution >= 4 is 11.8 Å². The molecular weight excluding hydrogens is 264 g/mol. The predicted octanol–water partition coefficient (Wildman–Crippen LogP) is 3.49. The van der Waals surface area contributed by atoms with Crippen molar-refractivity contribution in [1.82, 2.24) is 5.32 Å². The average Bonchev–Trinajstić information content (AvgIpc) is 2.36. The van der Waals surface area contributed by atoms with Crippen molar-refractivity contribution in [2.45, 2.75) is 46.1 Å². The van der Waals surface area contributed by atoms with E-state index in [-0.39, 0.29) is 6.09 Å². The average molecular weight is 290 g/mol. The van der Waals surface area contributed by atoms with Gasteiger partial charge in [-0.05, 0) is 63.6 Å². The Morgan fingerprint density at radius 1 is 1.43 bits per heavy atom. The number of aryl methyl sites for hydroxylation is 1. The van der Waals surface area contributed by atoms with E-state index in [1.54, 1.807) is 0 Å². The van der Waals surface area contributed by atoms with Crippen molar-refractivity contribution in [3.05, 3.63) is 29.3 Å². The van der Waals surface area contributed by atoms with Crippen LogP contribution in [0.1, 0.15) is 38.3 Å². The Hall–Kier alpha value is -1.71. The van der Waals surface area contributed by atoms with E-state index in [9.17, 15) is 4.79 Å². The van der Waals surface area contributed by atoms with Gasteiger partial charge in [0.1, 0.15) is 5.60 Å². The van der Waals surface area contributed by atoms with E-state index in [4.69, 9.17) is 4.74 Å². The molecule has 4 nitrogen and oxygen atoms in total. The Bertz CT molecular complexity index is 506. The van der Waals surface area contributed by atoms with E-state index in [2.05, 4.69) is 35.8 Å². The van der Waals surface area contributed by atoms with Crippen molar-refractivity contribution in [1.29, 1.82) is 0 Å². The Balaban J connectivity index is 1.76. The highest BCUT2D eigenvalue weighted by molar-refractivity contribution is 5.67. The van der Waals surface area contributed by atoms with E-state index in [0.29, 0.717) is 12.5 Å². The number of hydrogen-bond donors (Lipinski definition) is 2. The zero-order chi connectivity index (χ0) is 15.5. The van der Waals surface area contributed by atoms with Crippen molar-refractivity contribution in [3.63, 3.8) is 0 Å². The van der Waals surface area contributed by atoms with Crippen LogP contribution >= 0.6 is 0 Å². The van der Waals surface area contributed by atoms with Crippen LogP contribution in [0.2, 0.25) is 0 Å². The molecule has 0 spiro atoms. The van der Waals surface area contributed by atoms with E-state index in [1.807, 2.05) is 20.8 Å². The van der Waals surface area contributed by atoms with Crippen LogP contribution in [-0.2, 0) is 11.2 Å². The lowest BCUT2D eigenvalue weighted by Crippen LogP contribution is -2.34. The van der Waals surface area contributed by atoms with Crippen LogP contribution in [0, 0.1) is 12.8 Å². The molecule has 0 bridgehead atoms. The molecule has 2 rings (SSSR count). The molecular formula is C17H26N2O2. The van der Waals surface area contributed by atoms with Crippen LogP contribution in [0.4, 0.5) is 10.5 Å². The molecule has 1 atom stereocenters. The van der Waals surface area contributed by atoms with Crippen LogP contribution in [0.5, 0.6) is 0 Å². The summed E-state index contributed by atoms with van der Waals surface area (Å²) >= 11 is 0. The summed E-state index contributed by atoms with van der Waals surface area (Å²) in [4.78, 5) is 11.6. The molecule has 0 saturated carbocycles. The lowest BCUT2D eigenvalue weighted by molar-refractivity contribution is 0.0525. The number of amides is 1. The standard InChI is InChI=1S/C17H26N2O2/c1-12-5-6-14-10-13(11-19-15(14)9-12)7-8-18-16(20)21-17(2,3)4/h5-6,9,13,19H,7-8,10-11H2,1-4H3,(H,18,20)/t13-/m1/s1. The molecule has 21 heavy (non-hydrogen) atoms. The number of fused-ring (bicyclic) bond motifs is 1. The second kappa shape index (κ2) is 6.37. The van der Waals surface area contributed by atoms with Gasteiger partial charge < -0.3 is 15.4 Å². The van der Waals surface area contributed by atoms with Crippen LogP contribution in [0.15, 0.2) is 18.2 Å². The van der Waals surface area contributed by atoms with Crippen molar-refractivity contribution in [2.24, 2.45) is 5.92 Å².